The molecule has 0 aliphatic carbocycles. The minimum Gasteiger partial charge on any atom is -0.397 e. The van der Waals surface area contributed by atoms with Crippen molar-refractivity contribution < 1.29 is 22.4 Å². The van der Waals surface area contributed by atoms with Gasteiger partial charge in [0.2, 0.25) is 5.91 Å². The van der Waals surface area contributed by atoms with E-state index in [1.807, 2.05) is 0 Å². The van der Waals surface area contributed by atoms with Crippen molar-refractivity contribution in [1.29, 1.82) is 0 Å². The summed E-state index contributed by atoms with van der Waals surface area (Å²) in [7, 11) is 0. The fraction of sp³-hybridized carbons (Fsp3) is 0.192. The molecule has 3 N–H and O–H groups in total. The minimum atomic E-state index is -4.38. The van der Waals surface area contributed by atoms with Gasteiger partial charge in [-0.25, -0.2) is 4.39 Å². The molecule has 0 unspecified atom stereocenters. The van der Waals surface area contributed by atoms with Gasteiger partial charge in [0.05, 0.1) is 22.6 Å². The molecule has 0 saturated carbocycles. The van der Waals surface area contributed by atoms with E-state index in [1.165, 1.54) is 22.9 Å². The van der Waals surface area contributed by atoms with Crippen molar-refractivity contribution >= 4 is 17.3 Å². The summed E-state index contributed by atoms with van der Waals surface area (Å²) in [5, 5.41) is 10.8. The molecule has 0 aliphatic rings. The number of rotatable bonds is 8. The van der Waals surface area contributed by atoms with Crippen molar-refractivity contribution in [1.82, 2.24) is 15.0 Å². The molecule has 0 saturated heterocycles. The first kappa shape index (κ1) is 24.9. The molecule has 0 spiro atoms. The molecule has 4 aromatic rings. The summed E-state index contributed by atoms with van der Waals surface area (Å²) in [6, 6.07) is 16.4. The van der Waals surface area contributed by atoms with Gasteiger partial charge < -0.3 is 11.1 Å². The Morgan fingerprint density at radius 3 is 2.47 bits per heavy atom. The Kier molecular flexibility index (Phi) is 7.33. The highest BCUT2D eigenvalue weighted by molar-refractivity contribution is 5.95. The number of aryl methyl sites for hydroxylation is 3. The number of halogens is 4. The number of anilines is 2. The summed E-state index contributed by atoms with van der Waals surface area (Å²) in [5.74, 6) is -0.605. The first-order valence-electron chi connectivity index (χ1n) is 11.2. The third-order valence-corrected chi connectivity index (χ3v) is 5.58. The number of hydrogen-bond acceptors (Lipinski definition) is 4. The van der Waals surface area contributed by atoms with E-state index in [2.05, 4.69) is 15.6 Å². The van der Waals surface area contributed by atoms with Crippen molar-refractivity contribution in [3.05, 3.63) is 95.6 Å². The number of hydrogen-bond donors (Lipinski definition) is 2. The van der Waals surface area contributed by atoms with E-state index in [0.29, 0.717) is 42.0 Å². The summed E-state index contributed by atoms with van der Waals surface area (Å²) in [6.07, 6.45) is -1.90. The van der Waals surface area contributed by atoms with E-state index < -0.39 is 11.7 Å². The zero-order chi connectivity index (χ0) is 25.7. The SMILES string of the molecule is Nc1ccc(-c2ccc(F)cc2)cc1NC(=O)CCc1cn(CCc2cccc(C(F)(F)F)c2)nn1. The van der Waals surface area contributed by atoms with Crippen LogP contribution < -0.4 is 11.1 Å². The van der Waals surface area contributed by atoms with Gasteiger partial charge in [0.1, 0.15) is 5.82 Å². The van der Waals surface area contributed by atoms with Crippen LogP contribution in [0.3, 0.4) is 0 Å². The van der Waals surface area contributed by atoms with Crippen LogP contribution in [-0.4, -0.2) is 20.9 Å². The molecule has 0 fully saturated rings. The quantitative estimate of drug-likeness (QED) is 0.249. The standard InChI is InChI=1S/C26H23F4N5O/c27-21-7-4-18(5-8-21)19-6-10-23(31)24(15-19)32-25(36)11-9-22-16-35(34-33-22)13-12-17-2-1-3-20(14-17)26(28,29)30/h1-8,10,14-16H,9,11-13,31H2,(H,32,36). The molecule has 0 atom stereocenters. The number of nitrogens with two attached hydrogens (primary N) is 1. The van der Waals surface area contributed by atoms with Crippen LogP contribution >= 0.6 is 0 Å². The van der Waals surface area contributed by atoms with Gasteiger partial charge in [-0.15, -0.1) is 5.10 Å². The molecule has 0 bridgehead atoms. The lowest BCUT2D eigenvalue weighted by Gasteiger charge is -2.10. The van der Waals surface area contributed by atoms with E-state index in [9.17, 15) is 22.4 Å². The number of nitrogens with one attached hydrogen (secondary N) is 1. The monoisotopic (exact) mass is 497 g/mol. The maximum absolute atomic E-state index is 13.2. The molecule has 0 radical (unpaired) electrons. The molecule has 4 rings (SSSR count). The van der Waals surface area contributed by atoms with E-state index in [1.54, 1.807) is 42.6 Å². The number of carbonyl (C=O) groups is 1. The van der Waals surface area contributed by atoms with Gasteiger partial charge in [0.15, 0.2) is 0 Å². The summed E-state index contributed by atoms with van der Waals surface area (Å²) < 4.78 is 53.4. The Bertz CT molecular complexity index is 1350. The average molecular weight is 497 g/mol. The van der Waals surface area contributed by atoms with Crippen molar-refractivity contribution in [2.45, 2.75) is 32.0 Å². The number of amides is 1. The third-order valence-electron chi connectivity index (χ3n) is 5.58. The van der Waals surface area contributed by atoms with Crippen LogP contribution in [0.4, 0.5) is 28.9 Å². The predicted molar refractivity (Wildman–Crippen MR) is 128 cm³/mol. The van der Waals surface area contributed by atoms with Gasteiger partial charge >= 0.3 is 6.18 Å². The van der Waals surface area contributed by atoms with Crippen LogP contribution in [0.5, 0.6) is 0 Å². The molecule has 10 heteroatoms. The number of alkyl halides is 3. The zero-order valence-corrected chi connectivity index (χ0v) is 19.1. The topological polar surface area (TPSA) is 85.8 Å². The van der Waals surface area contributed by atoms with Crippen molar-refractivity contribution in [3.8, 4) is 11.1 Å². The fourth-order valence-corrected chi connectivity index (χ4v) is 3.65. The Hall–Kier alpha value is -4.21. The number of nitrogens with zero attached hydrogens (tertiary/aromatic N) is 3. The second-order valence-electron chi connectivity index (χ2n) is 8.28. The van der Waals surface area contributed by atoms with E-state index >= 15 is 0 Å². The molecule has 1 amide bonds. The molecule has 6 nitrogen and oxygen atoms in total. The molecular formula is C26H23F4N5O. The highest BCUT2D eigenvalue weighted by atomic mass is 19.4. The molecule has 3 aromatic carbocycles. The maximum atomic E-state index is 13.2. The zero-order valence-electron chi connectivity index (χ0n) is 19.1. The second-order valence-corrected chi connectivity index (χ2v) is 8.28. The van der Waals surface area contributed by atoms with E-state index in [-0.39, 0.29) is 18.1 Å². The van der Waals surface area contributed by atoms with Gasteiger partial charge in [-0.2, -0.15) is 13.2 Å². The summed E-state index contributed by atoms with van der Waals surface area (Å²) in [4.78, 5) is 12.5. The summed E-state index contributed by atoms with van der Waals surface area (Å²) >= 11 is 0. The van der Waals surface area contributed by atoms with Crippen LogP contribution in [0, 0.1) is 5.82 Å². The smallest absolute Gasteiger partial charge is 0.397 e. The largest absolute Gasteiger partial charge is 0.416 e. The predicted octanol–water partition coefficient (Wildman–Crippen LogP) is 5.50. The minimum absolute atomic E-state index is 0.131. The Labute approximate surface area is 204 Å². The maximum Gasteiger partial charge on any atom is 0.416 e. The Morgan fingerprint density at radius 1 is 0.972 bits per heavy atom. The Balaban J connectivity index is 1.31. The molecule has 36 heavy (non-hydrogen) atoms. The van der Waals surface area contributed by atoms with Crippen LogP contribution in [0.25, 0.3) is 11.1 Å². The molecule has 186 valence electrons. The average Bonchev–Trinajstić information content (AvgIpc) is 3.31. The molecule has 1 aromatic heterocycles. The fourth-order valence-electron chi connectivity index (χ4n) is 3.65. The number of nitrogen functional groups attached to an aromatic ring is 1. The highest BCUT2D eigenvalue weighted by Gasteiger charge is 2.30. The van der Waals surface area contributed by atoms with Crippen LogP contribution in [0.1, 0.15) is 23.2 Å². The van der Waals surface area contributed by atoms with Crippen LogP contribution in [-0.2, 0) is 30.4 Å². The van der Waals surface area contributed by atoms with Gasteiger partial charge in [-0.1, -0.05) is 41.6 Å². The summed E-state index contributed by atoms with van der Waals surface area (Å²) in [5.41, 5.74) is 8.86. The molecule has 1 heterocycles. The normalized spacial score (nSPS) is 11.4. The molecule has 0 aliphatic heterocycles. The third kappa shape index (κ3) is 6.47. The van der Waals surface area contributed by atoms with Crippen molar-refractivity contribution in [2.24, 2.45) is 0 Å². The van der Waals surface area contributed by atoms with Gasteiger partial charge in [-0.3, -0.25) is 9.48 Å². The highest BCUT2D eigenvalue weighted by Crippen LogP contribution is 2.30. The second kappa shape index (κ2) is 10.6. The first-order valence-corrected chi connectivity index (χ1v) is 11.2. The number of aromatic nitrogens is 3. The number of benzene rings is 3. The number of carbonyl (C=O) groups excluding carboxylic acids is 1. The van der Waals surface area contributed by atoms with Gasteiger partial charge in [0, 0.05) is 25.6 Å². The van der Waals surface area contributed by atoms with Crippen LogP contribution in [0.15, 0.2) is 72.9 Å². The Morgan fingerprint density at radius 2 is 1.72 bits per heavy atom. The van der Waals surface area contributed by atoms with Crippen LogP contribution in [0.2, 0.25) is 0 Å². The lowest BCUT2D eigenvalue weighted by molar-refractivity contribution is -0.137. The van der Waals surface area contributed by atoms with E-state index in [4.69, 9.17) is 5.73 Å². The lowest BCUT2D eigenvalue weighted by atomic mass is 10.0. The molecular weight excluding hydrogens is 474 g/mol. The lowest BCUT2D eigenvalue weighted by Crippen LogP contribution is -2.13. The van der Waals surface area contributed by atoms with Crippen molar-refractivity contribution in [3.63, 3.8) is 0 Å². The van der Waals surface area contributed by atoms with Gasteiger partial charge in [-0.05, 0) is 53.4 Å². The van der Waals surface area contributed by atoms with Crippen molar-refractivity contribution in [2.75, 3.05) is 11.1 Å². The van der Waals surface area contributed by atoms with E-state index in [0.717, 1.165) is 23.3 Å². The summed E-state index contributed by atoms with van der Waals surface area (Å²) in [6.45, 7) is 0.354. The first-order chi connectivity index (χ1) is 17.2. The van der Waals surface area contributed by atoms with Gasteiger partial charge in [0.25, 0.3) is 0 Å².